The highest BCUT2D eigenvalue weighted by atomic mass is 32.2. The predicted molar refractivity (Wildman–Crippen MR) is 413 cm³/mol. The van der Waals surface area contributed by atoms with E-state index in [-0.39, 0.29) is 123 Å². The lowest BCUT2D eigenvalue weighted by Crippen LogP contribution is -2.77. The molecule has 6 aliphatic rings. The molecular weight excluding hydrogens is 1410 g/mol. The summed E-state index contributed by atoms with van der Waals surface area (Å²) in [5, 5.41) is 27.7. The molecule has 1 amide bonds. The number of carboxylic acids is 1. The smallest absolute Gasteiger partial charge is 0.329 e. The number of carboxylic acid groups (broad SMARTS) is 1. The highest BCUT2D eigenvalue weighted by Gasteiger charge is 2.67. The van der Waals surface area contributed by atoms with Gasteiger partial charge in [0.25, 0.3) is 0 Å². The number of sulfonamides is 1. The van der Waals surface area contributed by atoms with Crippen LogP contribution in [0.3, 0.4) is 0 Å². The summed E-state index contributed by atoms with van der Waals surface area (Å²) in [5.74, 6) is -8.40. The van der Waals surface area contributed by atoms with Crippen molar-refractivity contribution in [1.82, 2.24) is 34.5 Å². The second kappa shape index (κ2) is 35.7. The number of carbonyl (C=O) groups is 6. The molecule has 6 heterocycles. The number of piperidine rings is 6. The number of hydrogen-bond acceptors (Lipinski definition) is 16. The zero-order chi connectivity index (χ0) is 78.1. The third-order valence-corrected chi connectivity index (χ3v) is 26.5. The van der Waals surface area contributed by atoms with Gasteiger partial charge in [-0.05, 0) is 186 Å². The Hall–Kier alpha value is -7.84. The van der Waals surface area contributed by atoms with Gasteiger partial charge < -0.3 is 40.1 Å². The third-order valence-electron chi connectivity index (χ3n) is 25.2. The van der Waals surface area contributed by atoms with Crippen LogP contribution in [0.4, 0.5) is 13.2 Å². The van der Waals surface area contributed by atoms with Crippen LogP contribution in [0, 0.1) is 73.7 Å². The Bertz CT molecular complexity index is 4180. The van der Waals surface area contributed by atoms with Gasteiger partial charge in [-0.25, -0.2) is 30.7 Å². The third kappa shape index (κ3) is 17.2. The predicted octanol–water partition coefficient (Wildman–Crippen LogP) is 11.3. The normalized spacial score (nSPS) is 27.3. The molecule has 3 unspecified atom stereocenters. The number of phenolic OH excluding ortho intramolecular Hbond substituents is 1. The molecule has 586 valence electrons. The van der Waals surface area contributed by atoms with E-state index in [2.05, 4.69) is 20.4 Å². The first-order chi connectivity index (χ1) is 52.2. The quantitative estimate of drug-likeness (QED) is 0.0390. The van der Waals surface area contributed by atoms with Crippen LogP contribution in [0.1, 0.15) is 147 Å². The van der Waals surface area contributed by atoms with Crippen molar-refractivity contribution in [1.29, 1.82) is 0 Å². The molecule has 0 radical (unpaired) electrons. The fourth-order valence-corrected chi connectivity index (χ4v) is 19.6. The summed E-state index contributed by atoms with van der Waals surface area (Å²) < 4.78 is 83.9. The van der Waals surface area contributed by atoms with Crippen molar-refractivity contribution in [2.24, 2.45) is 35.5 Å². The number of nitrogens with one attached hydrogen (secondary N) is 2. The van der Waals surface area contributed by atoms with Crippen molar-refractivity contribution in [3.8, 4) is 5.75 Å². The zero-order valence-electron chi connectivity index (χ0n) is 64.2. The van der Waals surface area contributed by atoms with E-state index in [0.717, 1.165) is 56.2 Å². The summed E-state index contributed by atoms with van der Waals surface area (Å²) >= 11 is 0. The molecule has 6 aliphatic heterocycles. The molecule has 12 rings (SSSR count). The highest BCUT2D eigenvalue weighted by molar-refractivity contribution is 7.88. The van der Waals surface area contributed by atoms with Crippen LogP contribution in [0.25, 0.3) is 0 Å². The van der Waals surface area contributed by atoms with Crippen LogP contribution in [-0.2, 0) is 33.9 Å². The first-order valence-electron chi connectivity index (χ1n) is 38.6. The number of likely N-dealkylation sites (N-methyl/N-ethyl adjacent to an activating group) is 1. The summed E-state index contributed by atoms with van der Waals surface area (Å²) in [6, 6.07) is 39.4. The van der Waals surface area contributed by atoms with E-state index < -0.39 is 85.8 Å². The number of ketones is 4. The molecule has 0 saturated carbocycles. The van der Waals surface area contributed by atoms with E-state index in [1.165, 1.54) is 59.6 Å². The van der Waals surface area contributed by atoms with E-state index in [0.29, 0.717) is 85.6 Å². The van der Waals surface area contributed by atoms with Gasteiger partial charge in [0.15, 0.2) is 23.1 Å². The van der Waals surface area contributed by atoms with Crippen molar-refractivity contribution in [2.45, 2.75) is 120 Å². The fraction of sp³-hybridized carbons (Fsp3) is 0.512. The number of benzene rings is 6. The van der Waals surface area contributed by atoms with Gasteiger partial charge in [-0.3, -0.25) is 33.8 Å². The molecule has 0 spiro atoms. The summed E-state index contributed by atoms with van der Waals surface area (Å²) in [4.78, 5) is 96.9. The minimum Gasteiger partial charge on any atom is -0.508 e. The first-order valence-corrected chi connectivity index (χ1v) is 40.5. The van der Waals surface area contributed by atoms with E-state index in [4.69, 9.17) is 9.47 Å². The minimum atomic E-state index is -3.49. The monoisotopic (exact) mass is 1520 g/mol. The molecular formula is C86H108F3N7O12S. The Morgan fingerprint density at radius 2 is 1.02 bits per heavy atom. The van der Waals surface area contributed by atoms with Crippen LogP contribution >= 0.6 is 0 Å². The van der Waals surface area contributed by atoms with Crippen molar-refractivity contribution < 1.29 is 70.0 Å². The lowest BCUT2D eigenvalue weighted by molar-refractivity contribution is -0.167. The molecule has 23 heteroatoms. The molecule has 4 N–H and O–H groups in total. The van der Waals surface area contributed by atoms with Gasteiger partial charge in [0.1, 0.15) is 28.7 Å². The van der Waals surface area contributed by atoms with Gasteiger partial charge in [0.05, 0.1) is 36.5 Å². The molecule has 0 aromatic heterocycles. The average Bonchev–Trinajstić information content (AvgIpc) is 0.696. The molecule has 6 saturated heterocycles. The molecule has 0 aliphatic carbocycles. The fourth-order valence-electron chi connectivity index (χ4n) is 19.1. The molecule has 19 nitrogen and oxygen atoms in total. The van der Waals surface area contributed by atoms with Gasteiger partial charge in [0, 0.05) is 134 Å². The van der Waals surface area contributed by atoms with Gasteiger partial charge in [0.2, 0.25) is 15.9 Å². The molecule has 109 heavy (non-hydrogen) atoms. The topological polar surface area (TPSA) is 236 Å². The lowest BCUT2D eigenvalue weighted by atomic mass is 9.54. The second-order valence-electron chi connectivity index (χ2n) is 31.3. The van der Waals surface area contributed by atoms with Crippen LogP contribution in [0.5, 0.6) is 5.75 Å². The minimum absolute atomic E-state index is 0.0380. The maximum atomic E-state index is 17.8. The summed E-state index contributed by atoms with van der Waals surface area (Å²) in [6.45, 7) is 12.3. The number of Topliss-reactive ketones (excluding diaryl/α,β-unsaturated/α-hetero) is 4. The van der Waals surface area contributed by atoms with Crippen molar-refractivity contribution in [2.75, 3.05) is 126 Å². The maximum absolute atomic E-state index is 17.8. The number of likely N-dealkylation sites (tertiary alicyclic amines) is 4. The number of phenols is 1. The van der Waals surface area contributed by atoms with Gasteiger partial charge >= 0.3 is 5.97 Å². The Morgan fingerprint density at radius 3 is 1.47 bits per heavy atom. The van der Waals surface area contributed by atoms with Crippen molar-refractivity contribution in [3.63, 3.8) is 0 Å². The largest absolute Gasteiger partial charge is 0.508 e. The number of halogens is 3. The van der Waals surface area contributed by atoms with E-state index >= 15 is 23.2 Å². The molecule has 6 aromatic rings. The Balaban J connectivity index is 0.000000237. The first kappa shape index (κ1) is 82.1. The number of methoxy groups -OCH3 is 2. The van der Waals surface area contributed by atoms with Crippen LogP contribution in [0.15, 0.2) is 140 Å². The highest BCUT2D eigenvalue weighted by Crippen LogP contribution is 2.56. The number of aliphatic carboxylic acids is 1. The van der Waals surface area contributed by atoms with E-state index in [9.17, 15) is 37.4 Å². The Morgan fingerprint density at radius 1 is 0.569 bits per heavy atom. The van der Waals surface area contributed by atoms with Crippen molar-refractivity contribution >= 4 is 45.0 Å². The van der Waals surface area contributed by atoms with Crippen molar-refractivity contribution in [3.05, 3.63) is 207 Å². The summed E-state index contributed by atoms with van der Waals surface area (Å²) in [5.41, 5.74) is 0.813. The molecule has 0 bridgehead atoms. The number of aromatic hydroxyl groups is 1. The molecule has 6 fully saturated rings. The lowest BCUT2D eigenvalue weighted by Gasteiger charge is -2.63. The van der Waals surface area contributed by atoms with Gasteiger partial charge in [-0.1, -0.05) is 109 Å². The van der Waals surface area contributed by atoms with E-state index in [1.807, 2.05) is 77.7 Å². The average molecular weight is 1520 g/mol. The maximum Gasteiger partial charge on any atom is 0.329 e. The molecule has 6 aromatic carbocycles. The van der Waals surface area contributed by atoms with Crippen LogP contribution in [0.2, 0.25) is 0 Å². The van der Waals surface area contributed by atoms with Gasteiger partial charge in [-0.2, -0.15) is 0 Å². The number of amides is 1. The number of rotatable bonds is 25. The summed E-state index contributed by atoms with van der Waals surface area (Å²) in [6.07, 6.45) is 6.47. The number of nitrogens with zero attached hydrogens (tertiary/aromatic N) is 5. The SMILES string of the molecule is COCCN1C[C@H](C(=O)c2ccccc2)[C@H](c2cccc(F)c2C)C[C@]1(C(=O)[C@]1(C2CCCNC2)C[C@@H](c2cccc(F)c2C)[C@@H](C(=O)c2ccccc2)CN1CCOC)C1CCCNC1.Cc1c(F)cccc1[C@@H]1[C@@H](C(=O)c2cccc(O)c2)CN(CCN(C)S(C)(=O)=O)C[C@H]1C(=O)N1CCCCC1(C)C(=O)O. The van der Waals surface area contributed by atoms with Crippen LogP contribution in [-0.4, -0.2) is 220 Å². The van der Waals surface area contributed by atoms with Crippen LogP contribution < -0.4 is 10.6 Å². The zero-order valence-corrected chi connectivity index (χ0v) is 65.0. The Labute approximate surface area is 640 Å². The molecule has 12 atom stereocenters. The standard InChI is InChI=1S/C55H68F2N4O5.C31H40FN3O7S/c1-37-43(21-11-23-49(37)56)45-31-54(41-19-13-25-58-33-41,60(27-29-65-3)35-47(45)51(62)39-15-7-5-8-16-39)53(64)55(42-20-14-26-59-34-42)32-46(44-22-12-24-50(57)38(44)2)48(36-61(55)28-30-66-4)52(63)40-17-9-6-10-18-40;1-20-23(11-8-12-26(20)32)27-24(28(37)21-9-7-10-22(36)17-21)18-34(16-15-33(3)43(4,41)42)19-25(27)29(38)35-14-6-5-13-31(35,2)30(39)40/h5-12,15-18,21-24,41-42,45-48,58-59H,13-14,19-20,25-36H2,1-4H3;7-12,17,24-25,27,36H,5-6,13-16,18-19H2,1-4H3,(H,39,40)/t41?,42?,45-,46-,47-,48-,54+,55+;24-,25+,27+,31?/m00/s1. The number of hydrogen-bond donors (Lipinski definition) is 4. The second-order valence-corrected chi connectivity index (χ2v) is 33.4. The number of ether oxygens (including phenoxy) is 2. The Kier molecular flexibility index (Phi) is 26.9. The van der Waals surface area contributed by atoms with E-state index in [1.54, 1.807) is 65.3 Å². The van der Waals surface area contributed by atoms with Gasteiger partial charge in [-0.15, -0.1) is 0 Å². The number of carbonyl (C=O) groups excluding carboxylic acids is 5. The summed E-state index contributed by atoms with van der Waals surface area (Å²) in [7, 11) is 1.29.